The summed E-state index contributed by atoms with van der Waals surface area (Å²) in [5.41, 5.74) is 6.27. The first-order valence-electron chi connectivity index (χ1n) is 7.74. The molecule has 0 unspecified atom stereocenters. The Morgan fingerprint density at radius 2 is 2.09 bits per heavy atom. The fraction of sp³-hybridized carbons (Fsp3) is 0.562. The number of hydrogen-bond acceptors (Lipinski definition) is 4. The van der Waals surface area contributed by atoms with Crippen molar-refractivity contribution in [2.45, 2.75) is 37.5 Å². The zero-order valence-corrected chi connectivity index (χ0v) is 14.6. The zero-order chi connectivity index (χ0) is 17.2. The van der Waals surface area contributed by atoms with E-state index in [1.807, 2.05) is 19.9 Å². The van der Waals surface area contributed by atoms with E-state index in [-0.39, 0.29) is 17.4 Å². The van der Waals surface area contributed by atoms with Gasteiger partial charge >= 0.3 is 0 Å². The number of carbonyl (C=O) groups excluding carboxylic acids is 1. The third kappa shape index (κ3) is 3.67. The molecule has 6 nitrogen and oxygen atoms in total. The monoisotopic (exact) mass is 340 g/mol. The van der Waals surface area contributed by atoms with Crippen LogP contribution in [0.15, 0.2) is 23.1 Å². The van der Waals surface area contributed by atoms with Crippen LogP contribution in [0, 0.1) is 5.92 Å². The second-order valence-electron chi connectivity index (χ2n) is 6.17. The third-order valence-corrected chi connectivity index (χ3v) is 6.14. The van der Waals surface area contributed by atoms with Gasteiger partial charge in [-0.3, -0.25) is 4.79 Å². The molecule has 0 saturated carbocycles. The molecule has 0 radical (unpaired) electrons. The van der Waals surface area contributed by atoms with E-state index in [0.29, 0.717) is 25.1 Å². The number of benzene rings is 1. The maximum atomic E-state index is 13.0. The van der Waals surface area contributed by atoms with Crippen LogP contribution < -0.4 is 10.5 Å². The minimum absolute atomic E-state index is 0.132. The van der Waals surface area contributed by atoms with Crippen LogP contribution in [0.5, 0.6) is 5.75 Å². The lowest BCUT2D eigenvalue weighted by molar-refractivity contribution is -0.122. The molecule has 1 fully saturated rings. The van der Waals surface area contributed by atoms with Crippen LogP contribution in [0.4, 0.5) is 0 Å². The lowest BCUT2D eigenvalue weighted by Gasteiger charge is -2.30. The van der Waals surface area contributed by atoms with Crippen LogP contribution in [0.25, 0.3) is 0 Å². The molecule has 0 bridgehead atoms. The molecule has 2 N–H and O–H groups in total. The van der Waals surface area contributed by atoms with E-state index in [0.717, 1.165) is 5.56 Å². The van der Waals surface area contributed by atoms with Gasteiger partial charge in [0, 0.05) is 13.1 Å². The van der Waals surface area contributed by atoms with Crippen molar-refractivity contribution in [3.63, 3.8) is 0 Å². The fourth-order valence-corrected chi connectivity index (χ4v) is 4.50. The zero-order valence-electron chi connectivity index (χ0n) is 13.8. The van der Waals surface area contributed by atoms with Crippen LogP contribution in [0.2, 0.25) is 0 Å². The maximum absolute atomic E-state index is 13.0. The second kappa shape index (κ2) is 6.88. The Morgan fingerprint density at radius 1 is 1.39 bits per heavy atom. The van der Waals surface area contributed by atoms with Crippen LogP contribution in [-0.2, 0) is 14.8 Å². The molecular formula is C16H24N2O4S. The van der Waals surface area contributed by atoms with Gasteiger partial charge in [0.05, 0.1) is 13.0 Å². The van der Waals surface area contributed by atoms with E-state index in [4.69, 9.17) is 10.5 Å². The quantitative estimate of drug-likeness (QED) is 0.883. The van der Waals surface area contributed by atoms with Crippen molar-refractivity contribution in [1.29, 1.82) is 0 Å². The first kappa shape index (κ1) is 17.7. The van der Waals surface area contributed by atoms with E-state index >= 15 is 0 Å². The highest BCUT2D eigenvalue weighted by Crippen LogP contribution is 2.32. The molecule has 1 amide bonds. The average Bonchev–Trinajstić information content (AvgIpc) is 2.54. The largest absolute Gasteiger partial charge is 0.495 e. The molecule has 7 heteroatoms. The number of ether oxygens (including phenoxy) is 1. The van der Waals surface area contributed by atoms with Gasteiger partial charge in [0.1, 0.15) is 10.6 Å². The van der Waals surface area contributed by atoms with Gasteiger partial charge in [-0.2, -0.15) is 4.31 Å². The Kier molecular flexibility index (Phi) is 5.31. The number of methoxy groups -OCH3 is 1. The maximum Gasteiger partial charge on any atom is 0.246 e. The van der Waals surface area contributed by atoms with Crippen molar-refractivity contribution in [2.24, 2.45) is 11.7 Å². The summed E-state index contributed by atoms with van der Waals surface area (Å²) < 4.78 is 32.6. The van der Waals surface area contributed by atoms with Crippen molar-refractivity contribution in [3.05, 3.63) is 23.8 Å². The van der Waals surface area contributed by atoms with Crippen molar-refractivity contribution < 1.29 is 17.9 Å². The summed E-state index contributed by atoms with van der Waals surface area (Å²) in [6.45, 7) is 4.53. The van der Waals surface area contributed by atoms with Gasteiger partial charge in [0.25, 0.3) is 0 Å². The summed E-state index contributed by atoms with van der Waals surface area (Å²) in [4.78, 5) is 11.6. The summed E-state index contributed by atoms with van der Waals surface area (Å²) in [7, 11) is -2.28. The van der Waals surface area contributed by atoms with Crippen molar-refractivity contribution in [1.82, 2.24) is 4.31 Å². The summed E-state index contributed by atoms with van der Waals surface area (Å²) in [6, 6.07) is 5.20. The summed E-state index contributed by atoms with van der Waals surface area (Å²) in [5, 5.41) is 0. The Bertz CT molecular complexity index is 685. The second-order valence-corrected chi connectivity index (χ2v) is 8.08. The Balaban J connectivity index is 2.42. The number of rotatable bonds is 5. The highest BCUT2D eigenvalue weighted by Gasteiger charge is 2.34. The number of amides is 1. The van der Waals surface area contributed by atoms with Crippen LogP contribution in [0.3, 0.4) is 0 Å². The minimum atomic E-state index is -3.73. The third-order valence-electron chi connectivity index (χ3n) is 4.26. The average molecular weight is 340 g/mol. The molecular weight excluding hydrogens is 316 g/mol. The number of nitrogens with zero attached hydrogens (tertiary/aromatic N) is 1. The molecule has 23 heavy (non-hydrogen) atoms. The molecule has 1 heterocycles. The lowest BCUT2D eigenvalue weighted by Crippen LogP contribution is -2.44. The molecule has 2 rings (SSSR count). The number of piperidine rings is 1. The highest BCUT2D eigenvalue weighted by molar-refractivity contribution is 7.89. The fourth-order valence-electron chi connectivity index (χ4n) is 2.79. The van der Waals surface area contributed by atoms with Crippen LogP contribution in [-0.4, -0.2) is 38.8 Å². The molecule has 128 valence electrons. The number of primary amides is 1. The Morgan fingerprint density at radius 3 is 2.65 bits per heavy atom. The molecule has 1 aromatic carbocycles. The highest BCUT2D eigenvalue weighted by atomic mass is 32.2. The number of nitrogens with two attached hydrogens (primary N) is 1. The molecule has 1 atom stereocenters. The van der Waals surface area contributed by atoms with Gasteiger partial charge < -0.3 is 10.5 Å². The van der Waals surface area contributed by atoms with E-state index in [9.17, 15) is 13.2 Å². The predicted molar refractivity (Wildman–Crippen MR) is 87.8 cm³/mol. The van der Waals surface area contributed by atoms with Gasteiger partial charge in [-0.1, -0.05) is 19.9 Å². The SMILES string of the molecule is COc1ccc(C(C)C)cc1S(=O)(=O)N1CCC[C@H](C(N)=O)C1. The molecule has 1 aromatic rings. The summed E-state index contributed by atoms with van der Waals surface area (Å²) in [5.74, 6) is -0.365. The molecule has 0 aliphatic carbocycles. The smallest absolute Gasteiger partial charge is 0.246 e. The van der Waals surface area contributed by atoms with Gasteiger partial charge in [-0.05, 0) is 36.5 Å². The van der Waals surface area contributed by atoms with Gasteiger partial charge in [-0.25, -0.2) is 8.42 Å². The van der Waals surface area contributed by atoms with Crippen molar-refractivity contribution >= 4 is 15.9 Å². The van der Waals surface area contributed by atoms with E-state index in [2.05, 4.69) is 0 Å². The minimum Gasteiger partial charge on any atom is -0.495 e. The van der Waals surface area contributed by atoms with E-state index in [1.165, 1.54) is 11.4 Å². The molecule has 1 saturated heterocycles. The van der Waals surface area contributed by atoms with Gasteiger partial charge in [0.15, 0.2) is 0 Å². The standard InChI is InChI=1S/C16H24N2O4S/c1-11(2)12-6-7-14(22-3)15(9-12)23(20,21)18-8-4-5-13(10-18)16(17)19/h6-7,9,11,13H,4-5,8,10H2,1-3H3,(H2,17,19)/t13-/m0/s1. The lowest BCUT2D eigenvalue weighted by atomic mass is 9.99. The Labute approximate surface area is 137 Å². The van der Waals surface area contributed by atoms with E-state index in [1.54, 1.807) is 12.1 Å². The van der Waals surface area contributed by atoms with Crippen molar-refractivity contribution in [2.75, 3.05) is 20.2 Å². The van der Waals surface area contributed by atoms with Gasteiger partial charge in [0.2, 0.25) is 15.9 Å². The predicted octanol–water partition coefficient (Wildman–Crippen LogP) is 1.70. The number of sulfonamides is 1. The van der Waals surface area contributed by atoms with Crippen molar-refractivity contribution in [3.8, 4) is 5.75 Å². The Hall–Kier alpha value is -1.60. The molecule has 1 aliphatic rings. The molecule has 0 spiro atoms. The first-order valence-corrected chi connectivity index (χ1v) is 9.18. The number of carbonyl (C=O) groups is 1. The molecule has 1 aliphatic heterocycles. The van der Waals surface area contributed by atoms with Crippen LogP contribution >= 0.6 is 0 Å². The molecule has 0 aromatic heterocycles. The summed E-state index contributed by atoms with van der Waals surface area (Å²) in [6.07, 6.45) is 1.25. The van der Waals surface area contributed by atoms with Gasteiger partial charge in [-0.15, -0.1) is 0 Å². The number of hydrogen-bond donors (Lipinski definition) is 1. The topological polar surface area (TPSA) is 89.7 Å². The van der Waals surface area contributed by atoms with E-state index < -0.39 is 21.8 Å². The summed E-state index contributed by atoms with van der Waals surface area (Å²) >= 11 is 0. The van der Waals surface area contributed by atoms with Crippen LogP contribution in [0.1, 0.15) is 38.2 Å². The normalized spacial score (nSPS) is 19.7. The first-order chi connectivity index (χ1) is 10.8.